The molecular formula is C9H17NO2. The van der Waals surface area contributed by atoms with Crippen LogP contribution in [0.2, 0.25) is 0 Å². The second-order valence-electron chi connectivity index (χ2n) is 3.54. The Kier molecular flexibility index (Phi) is 3.53. The number of rotatable bonds is 4. The van der Waals surface area contributed by atoms with E-state index >= 15 is 0 Å². The van der Waals surface area contributed by atoms with Crippen molar-refractivity contribution in [1.82, 2.24) is 5.32 Å². The van der Waals surface area contributed by atoms with Crippen molar-refractivity contribution in [3.8, 4) is 0 Å². The number of hydrogen-bond donors (Lipinski definition) is 2. The molecule has 0 radical (unpaired) electrons. The van der Waals surface area contributed by atoms with Crippen molar-refractivity contribution in [1.29, 1.82) is 0 Å². The lowest BCUT2D eigenvalue weighted by atomic mass is 9.99. The molecule has 2 unspecified atom stereocenters. The number of hydrogen-bond acceptors (Lipinski definition) is 2. The fourth-order valence-corrected chi connectivity index (χ4v) is 1.71. The first kappa shape index (κ1) is 9.52. The van der Waals surface area contributed by atoms with Crippen LogP contribution in [-0.4, -0.2) is 23.7 Å². The van der Waals surface area contributed by atoms with Crippen molar-refractivity contribution >= 4 is 5.97 Å². The molecule has 0 spiro atoms. The van der Waals surface area contributed by atoms with Gasteiger partial charge in [0, 0.05) is 0 Å². The third kappa shape index (κ3) is 2.48. The first-order valence-corrected chi connectivity index (χ1v) is 4.70. The van der Waals surface area contributed by atoms with Crippen molar-refractivity contribution in [2.24, 2.45) is 5.92 Å². The maximum atomic E-state index is 10.6. The second kappa shape index (κ2) is 4.45. The summed E-state index contributed by atoms with van der Waals surface area (Å²) in [6, 6.07) is -0.285. The van der Waals surface area contributed by atoms with Crippen LogP contribution in [0.15, 0.2) is 0 Å². The Balaban J connectivity index is 2.21. The van der Waals surface area contributed by atoms with Gasteiger partial charge in [0.25, 0.3) is 0 Å². The lowest BCUT2D eigenvalue weighted by molar-refractivity contribution is -0.139. The van der Waals surface area contributed by atoms with Gasteiger partial charge < -0.3 is 10.4 Å². The van der Waals surface area contributed by atoms with Crippen LogP contribution in [0.5, 0.6) is 0 Å². The maximum Gasteiger partial charge on any atom is 0.320 e. The number of aliphatic carboxylic acids is 1. The van der Waals surface area contributed by atoms with Crippen LogP contribution >= 0.6 is 0 Å². The molecule has 0 aromatic heterocycles. The summed E-state index contributed by atoms with van der Waals surface area (Å²) in [6.07, 6.45) is 4.41. The molecule has 1 heterocycles. The summed E-state index contributed by atoms with van der Waals surface area (Å²) < 4.78 is 0. The van der Waals surface area contributed by atoms with E-state index in [0.717, 1.165) is 13.0 Å². The third-order valence-electron chi connectivity index (χ3n) is 2.49. The average Bonchev–Trinajstić information content (AvgIpc) is 2.48. The summed E-state index contributed by atoms with van der Waals surface area (Å²) in [4.78, 5) is 10.6. The summed E-state index contributed by atoms with van der Waals surface area (Å²) in [6.45, 7) is 3.05. The minimum atomic E-state index is -0.700. The monoisotopic (exact) mass is 171 g/mol. The van der Waals surface area contributed by atoms with E-state index in [-0.39, 0.29) is 6.04 Å². The highest BCUT2D eigenvalue weighted by atomic mass is 16.4. The molecule has 0 amide bonds. The summed E-state index contributed by atoms with van der Waals surface area (Å²) in [7, 11) is 0. The first-order chi connectivity index (χ1) is 5.74. The fourth-order valence-electron chi connectivity index (χ4n) is 1.71. The fraction of sp³-hybridized carbons (Fsp3) is 0.889. The molecule has 0 saturated carbocycles. The van der Waals surface area contributed by atoms with Crippen LogP contribution < -0.4 is 5.32 Å². The zero-order valence-corrected chi connectivity index (χ0v) is 7.55. The number of carbonyl (C=O) groups is 1. The Labute approximate surface area is 73.2 Å². The van der Waals surface area contributed by atoms with Crippen LogP contribution in [0.25, 0.3) is 0 Å². The lowest BCUT2D eigenvalue weighted by Crippen LogP contribution is -2.29. The van der Waals surface area contributed by atoms with Gasteiger partial charge in [0.15, 0.2) is 0 Å². The zero-order chi connectivity index (χ0) is 8.97. The highest BCUT2D eigenvalue weighted by molar-refractivity contribution is 5.73. The standard InChI is InChI=1S/C9H17NO2/c1-2-3-4-7-5-8(9(11)12)10-6-7/h7-8,10H,2-6H2,1H3,(H,11,12). The summed E-state index contributed by atoms with van der Waals surface area (Å²) in [5, 5.41) is 11.7. The van der Waals surface area contributed by atoms with Crippen molar-refractivity contribution in [3.63, 3.8) is 0 Å². The lowest BCUT2D eigenvalue weighted by Gasteiger charge is -2.05. The molecule has 1 aliphatic heterocycles. The van der Waals surface area contributed by atoms with Crippen molar-refractivity contribution in [3.05, 3.63) is 0 Å². The van der Waals surface area contributed by atoms with E-state index in [0.29, 0.717) is 5.92 Å². The van der Waals surface area contributed by atoms with Crippen LogP contribution in [0, 0.1) is 5.92 Å². The van der Waals surface area contributed by atoms with Crippen LogP contribution in [-0.2, 0) is 4.79 Å². The molecule has 1 rings (SSSR count). The van der Waals surface area contributed by atoms with E-state index in [1.54, 1.807) is 0 Å². The molecule has 0 bridgehead atoms. The maximum absolute atomic E-state index is 10.6. The van der Waals surface area contributed by atoms with Gasteiger partial charge in [-0.25, -0.2) is 0 Å². The molecule has 2 N–H and O–H groups in total. The number of unbranched alkanes of at least 4 members (excludes halogenated alkanes) is 1. The third-order valence-corrected chi connectivity index (χ3v) is 2.49. The number of nitrogens with one attached hydrogen (secondary N) is 1. The summed E-state index contributed by atoms with van der Waals surface area (Å²) in [5.41, 5.74) is 0. The van der Waals surface area contributed by atoms with Crippen LogP contribution in [0.3, 0.4) is 0 Å². The highest BCUT2D eigenvalue weighted by Gasteiger charge is 2.28. The molecule has 12 heavy (non-hydrogen) atoms. The molecule has 1 saturated heterocycles. The van der Waals surface area contributed by atoms with E-state index in [1.165, 1.54) is 19.3 Å². The van der Waals surface area contributed by atoms with Gasteiger partial charge in [-0.2, -0.15) is 0 Å². The van der Waals surface area contributed by atoms with Crippen LogP contribution in [0.1, 0.15) is 32.6 Å². The van der Waals surface area contributed by atoms with Crippen molar-refractivity contribution in [2.45, 2.75) is 38.6 Å². The van der Waals surface area contributed by atoms with Gasteiger partial charge in [0.2, 0.25) is 0 Å². The van der Waals surface area contributed by atoms with E-state index in [4.69, 9.17) is 5.11 Å². The van der Waals surface area contributed by atoms with Crippen LogP contribution in [0.4, 0.5) is 0 Å². The molecule has 1 aliphatic rings. The topological polar surface area (TPSA) is 49.3 Å². The van der Waals surface area contributed by atoms with Gasteiger partial charge in [-0.3, -0.25) is 4.79 Å². The predicted octanol–water partition coefficient (Wildman–Crippen LogP) is 1.24. The summed E-state index contributed by atoms with van der Waals surface area (Å²) in [5.74, 6) is -0.111. The second-order valence-corrected chi connectivity index (χ2v) is 3.54. The Hall–Kier alpha value is -0.570. The van der Waals surface area contributed by atoms with Gasteiger partial charge in [0.05, 0.1) is 0 Å². The van der Waals surface area contributed by atoms with Gasteiger partial charge >= 0.3 is 5.97 Å². The molecule has 1 fully saturated rings. The molecule has 70 valence electrons. The van der Waals surface area contributed by atoms with Gasteiger partial charge in [0.1, 0.15) is 6.04 Å². The quantitative estimate of drug-likeness (QED) is 0.669. The normalized spacial score (nSPS) is 29.1. The number of carboxylic acid groups (broad SMARTS) is 1. The van der Waals surface area contributed by atoms with Gasteiger partial charge in [-0.05, 0) is 25.3 Å². The van der Waals surface area contributed by atoms with E-state index in [1.807, 2.05) is 0 Å². The van der Waals surface area contributed by atoms with Crippen molar-refractivity contribution in [2.75, 3.05) is 6.54 Å². The minimum Gasteiger partial charge on any atom is -0.480 e. The van der Waals surface area contributed by atoms with E-state index in [2.05, 4.69) is 12.2 Å². The minimum absolute atomic E-state index is 0.285. The predicted molar refractivity (Wildman–Crippen MR) is 47.1 cm³/mol. The Morgan fingerprint density at radius 1 is 1.67 bits per heavy atom. The smallest absolute Gasteiger partial charge is 0.320 e. The average molecular weight is 171 g/mol. The number of carboxylic acids is 1. The van der Waals surface area contributed by atoms with Gasteiger partial charge in [-0.15, -0.1) is 0 Å². The largest absolute Gasteiger partial charge is 0.480 e. The van der Waals surface area contributed by atoms with E-state index < -0.39 is 5.97 Å². The van der Waals surface area contributed by atoms with Gasteiger partial charge in [-0.1, -0.05) is 19.8 Å². The molecule has 0 aromatic carbocycles. The summed E-state index contributed by atoms with van der Waals surface area (Å²) >= 11 is 0. The zero-order valence-electron chi connectivity index (χ0n) is 7.55. The molecular weight excluding hydrogens is 154 g/mol. The SMILES string of the molecule is CCCCC1CNC(C(=O)O)C1. The molecule has 3 nitrogen and oxygen atoms in total. The molecule has 0 aromatic rings. The van der Waals surface area contributed by atoms with E-state index in [9.17, 15) is 4.79 Å². The highest BCUT2D eigenvalue weighted by Crippen LogP contribution is 2.19. The van der Waals surface area contributed by atoms with Crippen molar-refractivity contribution < 1.29 is 9.90 Å². The molecule has 3 heteroatoms. The molecule has 2 atom stereocenters. The first-order valence-electron chi connectivity index (χ1n) is 4.70. The Bertz CT molecular complexity index is 159. The Morgan fingerprint density at radius 3 is 2.92 bits per heavy atom. The Morgan fingerprint density at radius 2 is 2.42 bits per heavy atom. The molecule has 0 aliphatic carbocycles.